The van der Waals surface area contributed by atoms with Crippen molar-refractivity contribution in [3.8, 4) is 17.6 Å². The van der Waals surface area contributed by atoms with Crippen LogP contribution in [-0.2, 0) is 20.6 Å². The third kappa shape index (κ3) is 2.82. The maximum atomic E-state index is 12.7. The van der Waals surface area contributed by atoms with E-state index in [1.165, 1.54) is 10.6 Å². The molecule has 0 spiro atoms. The summed E-state index contributed by atoms with van der Waals surface area (Å²) in [6.45, 7) is 3.73. The number of allylic oxidation sites excluding steroid dienone is 1. The Labute approximate surface area is 149 Å². The lowest BCUT2D eigenvalue weighted by Gasteiger charge is -2.05. The zero-order valence-corrected chi connectivity index (χ0v) is 14.8. The summed E-state index contributed by atoms with van der Waals surface area (Å²) in [6, 6.07) is 7.33. The van der Waals surface area contributed by atoms with Crippen LogP contribution in [0, 0.1) is 11.8 Å². The third-order valence-electron chi connectivity index (χ3n) is 4.06. The number of rotatable bonds is 3. The van der Waals surface area contributed by atoms with Crippen molar-refractivity contribution in [3.05, 3.63) is 69.1 Å². The molecule has 0 bridgehead atoms. The monoisotopic (exact) mass is 350 g/mol. The Hall–Kier alpha value is -3.53. The van der Waals surface area contributed by atoms with E-state index in [9.17, 15) is 9.59 Å². The highest BCUT2D eigenvalue weighted by Crippen LogP contribution is 2.12. The Morgan fingerprint density at radius 2 is 2.00 bits per heavy atom. The maximum absolute atomic E-state index is 12.7. The molecule has 2 aromatic heterocycles. The molecule has 0 aliphatic heterocycles. The van der Waals surface area contributed by atoms with E-state index in [0.717, 1.165) is 10.1 Å². The van der Waals surface area contributed by atoms with Crippen LogP contribution >= 0.6 is 0 Å². The summed E-state index contributed by atoms with van der Waals surface area (Å²) < 4.78 is 9.25. The van der Waals surface area contributed by atoms with Crippen LogP contribution in [0.4, 0.5) is 0 Å². The van der Waals surface area contributed by atoms with Crippen LogP contribution in [0.5, 0.6) is 5.75 Å². The summed E-state index contributed by atoms with van der Waals surface area (Å²) in [6.07, 6.45) is 1.51. The van der Waals surface area contributed by atoms with Crippen molar-refractivity contribution in [2.45, 2.75) is 6.54 Å². The topological polar surface area (TPSA) is 71.1 Å². The quantitative estimate of drug-likeness (QED) is 0.522. The maximum Gasteiger partial charge on any atom is 0.332 e. The van der Waals surface area contributed by atoms with Gasteiger partial charge in [0.05, 0.1) is 7.11 Å². The molecule has 0 atom stereocenters. The smallest absolute Gasteiger partial charge is 0.332 e. The summed E-state index contributed by atoms with van der Waals surface area (Å²) in [5, 5.41) is 0. The van der Waals surface area contributed by atoms with Crippen LogP contribution in [-0.4, -0.2) is 25.8 Å². The summed E-state index contributed by atoms with van der Waals surface area (Å²) in [7, 11) is 4.87. The van der Waals surface area contributed by atoms with Gasteiger partial charge in [-0.3, -0.25) is 13.9 Å². The average Bonchev–Trinajstić information content (AvgIpc) is 2.98. The minimum atomic E-state index is -0.437. The molecule has 0 amide bonds. The summed E-state index contributed by atoms with van der Waals surface area (Å²) >= 11 is 0. The highest BCUT2D eigenvalue weighted by molar-refractivity contribution is 5.72. The largest absolute Gasteiger partial charge is 0.497 e. The molecule has 1 aromatic carbocycles. The number of fused-ring (bicyclic) bond motifs is 1. The fourth-order valence-electron chi connectivity index (χ4n) is 2.67. The molecule has 0 saturated heterocycles. The first-order valence-corrected chi connectivity index (χ1v) is 7.91. The van der Waals surface area contributed by atoms with Gasteiger partial charge in [-0.05, 0) is 24.1 Å². The van der Waals surface area contributed by atoms with E-state index in [0.29, 0.717) is 22.7 Å². The molecule has 0 saturated carbocycles. The molecule has 3 rings (SSSR count). The normalized spacial score (nSPS) is 10.4. The number of imidazole rings is 1. The Morgan fingerprint density at radius 3 is 2.69 bits per heavy atom. The number of aryl methyl sites for hydroxylation is 2. The van der Waals surface area contributed by atoms with E-state index in [1.54, 1.807) is 25.8 Å². The highest BCUT2D eigenvalue weighted by Gasteiger charge is 2.17. The molecule has 7 nitrogen and oxygen atoms in total. The second kappa shape index (κ2) is 6.76. The molecular formula is C19H18N4O3. The number of aromatic nitrogens is 4. The molecular weight excluding hydrogens is 332 g/mol. The summed E-state index contributed by atoms with van der Waals surface area (Å²) in [5.41, 5.74) is 0.538. The van der Waals surface area contributed by atoms with Gasteiger partial charge in [0.1, 0.15) is 5.75 Å². The van der Waals surface area contributed by atoms with Crippen LogP contribution in [0.2, 0.25) is 0 Å². The molecule has 0 aliphatic rings. The Kier molecular flexibility index (Phi) is 4.50. The molecule has 26 heavy (non-hydrogen) atoms. The predicted molar refractivity (Wildman–Crippen MR) is 99.4 cm³/mol. The number of nitrogens with zero attached hydrogens (tertiary/aromatic N) is 4. The molecule has 0 aliphatic carbocycles. The Bertz CT molecular complexity index is 1190. The van der Waals surface area contributed by atoms with Crippen LogP contribution in [0.3, 0.4) is 0 Å². The van der Waals surface area contributed by atoms with Gasteiger partial charge in [-0.15, -0.1) is 6.58 Å². The van der Waals surface area contributed by atoms with Gasteiger partial charge >= 0.3 is 5.69 Å². The first kappa shape index (κ1) is 17.3. The second-order valence-corrected chi connectivity index (χ2v) is 5.69. The molecule has 0 unspecified atom stereocenters. The van der Waals surface area contributed by atoms with E-state index >= 15 is 0 Å². The van der Waals surface area contributed by atoms with Gasteiger partial charge < -0.3 is 9.30 Å². The van der Waals surface area contributed by atoms with Crippen molar-refractivity contribution >= 4 is 11.2 Å². The number of methoxy groups -OCH3 is 1. The molecule has 3 aromatic rings. The predicted octanol–water partition coefficient (Wildman–Crippen LogP) is 1.03. The molecule has 7 heteroatoms. The zero-order valence-electron chi connectivity index (χ0n) is 14.8. The van der Waals surface area contributed by atoms with Crippen LogP contribution in [0.25, 0.3) is 11.2 Å². The van der Waals surface area contributed by atoms with E-state index in [2.05, 4.69) is 23.4 Å². The van der Waals surface area contributed by atoms with Gasteiger partial charge in [-0.2, -0.15) is 0 Å². The molecule has 0 fully saturated rings. The lowest BCUT2D eigenvalue weighted by molar-refractivity contribution is 0.414. The SMILES string of the molecule is C=CCn1c(=O)c2c(nc(C#Cc3cccc(OC)c3)n2C)n(C)c1=O. The average molecular weight is 350 g/mol. The van der Waals surface area contributed by atoms with Crippen molar-refractivity contribution in [2.75, 3.05) is 7.11 Å². The first-order chi connectivity index (χ1) is 12.5. The summed E-state index contributed by atoms with van der Waals surface area (Å²) in [4.78, 5) is 29.4. The van der Waals surface area contributed by atoms with Gasteiger partial charge in [0.15, 0.2) is 17.0 Å². The fraction of sp³-hybridized carbons (Fsp3) is 0.211. The van der Waals surface area contributed by atoms with Crippen molar-refractivity contribution in [3.63, 3.8) is 0 Å². The third-order valence-corrected chi connectivity index (χ3v) is 4.06. The van der Waals surface area contributed by atoms with Gasteiger partial charge in [0.25, 0.3) is 5.56 Å². The fourth-order valence-corrected chi connectivity index (χ4v) is 2.67. The number of benzene rings is 1. The molecule has 2 heterocycles. The van der Waals surface area contributed by atoms with Crippen LogP contribution in [0.1, 0.15) is 11.4 Å². The lowest BCUT2D eigenvalue weighted by Crippen LogP contribution is -2.39. The Balaban J connectivity index is 2.19. The number of hydrogen-bond acceptors (Lipinski definition) is 4. The van der Waals surface area contributed by atoms with Crippen molar-refractivity contribution in [1.82, 2.24) is 18.7 Å². The van der Waals surface area contributed by atoms with Gasteiger partial charge in [-0.1, -0.05) is 18.1 Å². The van der Waals surface area contributed by atoms with Crippen LogP contribution in [0.15, 0.2) is 46.5 Å². The molecule has 132 valence electrons. The van der Waals surface area contributed by atoms with Gasteiger partial charge in [-0.25, -0.2) is 9.78 Å². The van der Waals surface area contributed by atoms with Crippen molar-refractivity contribution < 1.29 is 4.74 Å². The second-order valence-electron chi connectivity index (χ2n) is 5.69. The van der Waals surface area contributed by atoms with E-state index in [4.69, 9.17) is 4.74 Å². The van der Waals surface area contributed by atoms with Crippen molar-refractivity contribution in [1.29, 1.82) is 0 Å². The highest BCUT2D eigenvalue weighted by atomic mass is 16.5. The zero-order chi connectivity index (χ0) is 18.8. The van der Waals surface area contributed by atoms with E-state index < -0.39 is 11.2 Å². The van der Waals surface area contributed by atoms with Gasteiger partial charge in [0, 0.05) is 26.2 Å². The molecule has 0 N–H and O–H groups in total. The number of hydrogen-bond donors (Lipinski definition) is 0. The first-order valence-electron chi connectivity index (χ1n) is 7.91. The van der Waals surface area contributed by atoms with Gasteiger partial charge in [0.2, 0.25) is 0 Å². The van der Waals surface area contributed by atoms with Crippen molar-refractivity contribution in [2.24, 2.45) is 14.1 Å². The number of ether oxygens (including phenoxy) is 1. The minimum absolute atomic E-state index is 0.136. The molecule has 0 radical (unpaired) electrons. The summed E-state index contributed by atoms with van der Waals surface area (Å²) in [5.74, 6) is 7.06. The standard InChI is InChI=1S/C19H18N4O3/c1-5-11-23-18(24)16-17(22(3)19(23)25)20-15(21(16)2)10-9-13-7-6-8-14(12-13)26-4/h5-8,12H,1,11H2,2-4H3. The van der Waals surface area contributed by atoms with Crippen LogP contribution < -0.4 is 16.0 Å². The lowest BCUT2D eigenvalue weighted by atomic mass is 10.2. The minimum Gasteiger partial charge on any atom is -0.497 e. The van der Waals surface area contributed by atoms with E-state index in [-0.39, 0.29) is 6.54 Å². The Morgan fingerprint density at radius 1 is 1.23 bits per heavy atom. The van der Waals surface area contributed by atoms with E-state index in [1.807, 2.05) is 24.3 Å².